The Morgan fingerprint density at radius 3 is 2.92 bits per heavy atom. The maximum Gasteiger partial charge on any atom is 0.0412 e. The van der Waals surface area contributed by atoms with Crippen molar-refractivity contribution in [3.8, 4) is 0 Å². The molecule has 1 aliphatic heterocycles. The molecular weight excluding hydrogens is 160 g/mol. The number of fused-ring (bicyclic) bond motifs is 1. The summed E-state index contributed by atoms with van der Waals surface area (Å²) in [4.78, 5) is 3.45. The normalized spacial score (nSPS) is 16.5. The van der Waals surface area contributed by atoms with Gasteiger partial charge in [0.2, 0.25) is 0 Å². The van der Waals surface area contributed by atoms with Crippen molar-refractivity contribution in [2.45, 2.75) is 26.8 Å². The molecule has 1 aromatic heterocycles. The van der Waals surface area contributed by atoms with Crippen molar-refractivity contribution in [3.05, 3.63) is 28.6 Å². The molecule has 0 aliphatic carbocycles. The summed E-state index contributed by atoms with van der Waals surface area (Å²) in [6, 6.07) is 0. The summed E-state index contributed by atoms with van der Waals surface area (Å²) in [6.45, 7) is 6.36. The molecule has 0 unspecified atom stereocenters. The molecule has 0 saturated heterocycles. The van der Waals surface area contributed by atoms with E-state index in [1.54, 1.807) is 0 Å². The first kappa shape index (κ1) is 8.57. The van der Waals surface area contributed by atoms with E-state index in [0.717, 1.165) is 19.5 Å². The lowest BCUT2D eigenvalue weighted by Crippen LogP contribution is -2.23. The van der Waals surface area contributed by atoms with E-state index in [1.165, 1.54) is 22.5 Å². The molecule has 0 fully saturated rings. The average molecular weight is 176 g/mol. The van der Waals surface area contributed by atoms with E-state index < -0.39 is 0 Å². The van der Waals surface area contributed by atoms with Gasteiger partial charge in [0.15, 0.2) is 0 Å². The van der Waals surface area contributed by atoms with Crippen molar-refractivity contribution >= 4 is 6.08 Å². The van der Waals surface area contributed by atoms with Crippen LogP contribution in [-0.2, 0) is 13.0 Å². The Kier molecular flexibility index (Phi) is 2.23. The average Bonchev–Trinajstić information content (AvgIpc) is 2.46. The van der Waals surface area contributed by atoms with Crippen molar-refractivity contribution in [1.29, 1.82) is 0 Å². The number of aromatic amines is 1. The molecule has 0 atom stereocenters. The van der Waals surface area contributed by atoms with Gasteiger partial charge in [-0.15, -0.1) is 0 Å². The molecule has 2 N–H and O–H groups in total. The summed E-state index contributed by atoms with van der Waals surface area (Å²) in [5.41, 5.74) is 5.59. The highest BCUT2D eigenvalue weighted by Crippen LogP contribution is 2.21. The largest absolute Gasteiger partial charge is 0.357 e. The first-order valence-corrected chi connectivity index (χ1v) is 4.86. The first-order chi connectivity index (χ1) is 6.33. The van der Waals surface area contributed by atoms with Crippen LogP contribution < -0.4 is 5.32 Å². The third kappa shape index (κ3) is 1.42. The molecule has 0 bridgehead atoms. The molecule has 0 saturated carbocycles. The van der Waals surface area contributed by atoms with Crippen LogP contribution in [0.5, 0.6) is 0 Å². The predicted octanol–water partition coefficient (Wildman–Crippen LogP) is 2.00. The highest BCUT2D eigenvalue weighted by Gasteiger charge is 2.14. The molecule has 1 aliphatic rings. The molecular formula is C11H16N2. The predicted molar refractivity (Wildman–Crippen MR) is 55.6 cm³/mol. The van der Waals surface area contributed by atoms with Crippen LogP contribution in [0.25, 0.3) is 6.08 Å². The summed E-state index contributed by atoms with van der Waals surface area (Å²) < 4.78 is 0. The van der Waals surface area contributed by atoms with Crippen LogP contribution in [0.4, 0.5) is 0 Å². The fourth-order valence-electron chi connectivity index (χ4n) is 1.97. The van der Waals surface area contributed by atoms with Crippen LogP contribution in [0.1, 0.15) is 29.4 Å². The smallest absolute Gasteiger partial charge is 0.0412 e. The second kappa shape index (κ2) is 3.38. The van der Waals surface area contributed by atoms with E-state index in [9.17, 15) is 0 Å². The Hall–Kier alpha value is -1.02. The zero-order valence-electron chi connectivity index (χ0n) is 8.28. The summed E-state index contributed by atoms with van der Waals surface area (Å²) in [7, 11) is 0. The first-order valence-electron chi connectivity index (χ1n) is 4.86. The van der Waals surface area contributed by atoms with E-state index in [0.29, 0.717) is 0 Å². The number of rotatable bonds is 1. The van der Waals surface area contributed by atoms with Gasteiger partial charge in [0.1, 0.15) is 0 Å². The van der Waals surface area contributed by atoms with Gasteiger partial charge in [-0.1, -0.05) is 6.08 Å². The quantitative estimate of drug-likeness (QED) is 0.673. The lowest BCUT2D eigenvalue weighted by atomic mass is 10.0. The highest BCUT2D eigenvalue weighted by atomic mass is 14.9. The number of aromatic nitrogens is 1. The molecule has 0 aromatic carbocycles. The van der Waals surface area contributed by atoms with Crippen LogP contribution in [0, 0.1) is 6.92 Å². The van der Waals surface area contributed by atoms with Crippen molar-refractivity contribution in [1.82, 2.24) is 10.3 Å². The summed E-state index contributed by atoms with van der Waals surface area (Å²) >= 11 is 0. The van der Waals surface area contributed by atoms with Gasteiger partial charge in [-0.3, -0.25) is 0 Å². The molecule has 1 aromatic rings. The van der Waals surface area contributed by atoms with E-state index in [2.05, 4.69) is 36.3 Å². The lowest BCUT2D eigenvalue weighted by molar-refractivity contribution is 0.633. The van der Waals surface area contributed by atoms with Gasteiger partial charge in [-0.2, -0.15) is 0 Å². The second-order valence-electron chi connectivity index (χ2n) is 3.55. The van der Waals surface area contributed by atoms with Crippen molar-refractivity contribution in [2.75, 3.05) is 6.54 Å². The standard InChI is InChI=1S/C11H16N2/c1-3-4-10-8(2)9-5-6-12-7-11(9)13-10/h3-4,12-13H,5-7H2,1-2H3. The summed E-state index contributed by atoms with van der Waals surface area (Å²) in [5.74, 6) is 0. The van der Waals surface area contributed by atoms with Gasteiger partial charge in [0.05, 0.1) is 0 Å². The zero-order valence-corrected chi connectivity index (χ0v) is 8.28. The van der Waals surface area contributed by atoms with E-state index in [1.807, 2.05) is 0 Å². The lowest BCUT2D eigenvalue weighted by Gasteiger charge is -2.12. The van der Waals surface area contributed by atoms with Crippen molar-refractivity contribution in [3.63, 3.8) is 0 Å². The summed E-state index contributed by atoms with van der Waals surface area (Å²) in [5, 5.41) is 3.37. The minimum absolute atomic E-state index is 0.994. The van der Waals surface area contributed by atoms with Crippen LogP contribution in [-0.4, -0.2) is 11.5 Å². The molecule has 2 rings (SSSR count). The minimum atomic E-state index is 0.994. The molecule has 0 amide bonds. The van der Waals surface area contributed by atoms with E-state index in [4.69, 9.17) is 0 Å². The third-order valence-electron chi connectivity index (χ3n) is 2.69. The van der Waals surface area contributed by atoms with Crippen LogP contribution in [0.2, 0.25) is 0 Å². The molecule has 70 valence electrons. The molecule has 0 spiro atoms. The molecule has 13 heavy (non-hydrogen) atoms. The van der Waals surface area contributed by atoms with E-state index >= 15 is 0 Å². The Balaban J connectivity index is 2.44. The fourth-order valence-corrected chi connectivity index (χ4v) is 1.97. The highest BCUT2D eigenvalue weighted by molar-refractivity contribution is 5.54. The van der Waals surface area contributed by atoms with Gasteiger partial charge < -0.3 is 10.3 Å². The Bertz CT molecular complexity index is 334. The number of H-pyrrole nitrogens is 1. The maximum absolute atomic E-state index is 3.45. The van der Waals surface area contributed by atoms with E-state index in [-0.39, 0.29) is 0 Å². The fraction of sp³-hybridized carbons (Fsp3) is 0.455. The van der Waals surface area contributed by atoms with Crippen LogP contribution in [0.3, 0.4) is 0 Å². The minimum Gasteiger partial charge on any atom is -0.357 e. The summed E-state index contributed by atoms with van der Waals surface area (Å²) in [6.07, 6.45) is 5.39. The number of hydrogen-bond acceptors (Lipinski definition) is 1. The van der Waals surface area contributed by atoms with Gasteiger partial charge in [0, 0.05) is 17.9 Å². The molecule has 2 nitrogen and oxygen atoms in total. The van der Waals surface area contributed by atoms with Crippen molar-refractivity contribution < 1.29 is 0 Å². The van der Waals surface area contributed by atoms with Crippen LogP contribution >= 0.6 is 0 Å². The van der Waals surface area contributed by atoms with Crippen LogP contribution in [0.15, 0.2) is 6.08 Å². The Labute approximate surface area is 79.0 Å². The van der Waals surface area contributed by atoms with Gasteiger partial charge in [-0.25, -0.2) is 0 Å². The Morgan fingerprint density at radius 2 is 2.23 bits per heavy atom. The molecule has 0 radical (unpaired) electrons. The monoisotopic (exact) mass is 176 g/mol. The van der Waals surface area contributed by atoms with Gasteiger partial charge in [0.25, 0.3) is 0 Å². The molecule has 2 heteroatoms. The van der Waals surface area contributed by atoms with Gasteiger partial charge >= 0.3 is 0 Å². The topological polar surface area (TPSA) is 27.8 Å². The number of hydrogen-bond donors (Lipinski definition) is 2. The third-order valence-corrected chi connectivity index (χ3v) is 2.69. The second-order valence-corrected chi connectivity index (χ2v) is 3.55. The SMILES string of the molecule is CC=Cc1[nH]c2c(c1C)CCNC2. The number of nitrogens with one attached hydrogen (secondary N) is 2. The maximum atomic E-state index is 3.45. The molecule has 2 heterocycles. The number of allylic oxidation sites excluding steroid dienone is 1. The zero-order chi connectivity index (χ0) is 9.26. The van der Waals surface area contributed by atoms with Crippen molar-refractivity contribution in [2.24, 2.45) is 0 Å². The Morgan fingerprint density at radius 1 is 1.38 bits per heavy atom. The van der Waals surface area contributed by atoms with Gasteiger partial charge in [-0.05, 0) is 44.0 Å².